The van der Waals surface area contributed by atoms with Crippen LogP contribution in [0.3, 0.4) is 0 Å². The van der Waals surface area contributed by atoms with Crippen LogP contribution in [0.2, 0.25) is 0 Å². The number of nitrogens with one attached hydrogen (secondary N) is 2. The maximum absolute atomic E-state index is 8.67. The molecule has 0 saturated carbocycles. The molecule has 6 nitrogen and oxygen atoms in total. The largest absolute Gasteiger partial charge is 0.382 e. The van der Waals surface area contributed by atoms with E-state index in [0.29, 0.717) is 0 Å². The number of nitrogens with two attached hydrogens (primary N) is 1. The Hall–Kier alpha value is -2.39. The van der Waals surface area contributed by atoms with Gasteiger partial charge in [-0.2, -0.15) is 10.4 Å². The zero-order valence-corrected chi connectivity index (χ0v) is 10.4. The Balaban J connectivity index is 2.70. The Bertz CT molecular complexity index is 480. The topological polar surface area (TPSA) is 101 Å². The molecule has 0 aliphatic heterocycles. The van der Waals surface area contributed by atoms with Crippen LogP contribution in [0.15, 0.2) is 29.4 Å². The average Bonchev–Trinajstić information content (AvgIpc) is 2.31. The van der Waals surface area contributed by atoms with Gasteiger partial charge in [-0.05, 0) is 31.8 Å². The Labute approximate surface area is 106 Å². The van der Waals surface area contributed by atoms with Gasteiger partial charge in [0.2, 0.25) is 5.71 Å². The van der Waals surface area contributed by atoms with Crippen LogP contribution in [-0.4, -0.2) is 30.5 Å². The number of hydrogen-bond donors (Lipinski definition) is 3. The van der Waals surface area contributed by atoms with Gasteiger partial charge in [-0.25, -0.2) is 0 Å². The van der Waals surface area contributed by atoms with Crippen LogP contribution in [-0.2, 0) is 6.54 Å². The summed E-state index contributed by atoms with van der Waals surface area (Å²) in [6.45, 7) is 0.862. The maximum atomic E-state index is 8.67. The molecule has 0 heterocycles. The summed E-state index contributed by atoms with van der Waals surface area (Å²) in [5.74, 6) is -0.353. The van der Waals surface area contributed by atoms with Crippen LogP contribution in [0, 0.1) is 16.7 Å². The molecule has 0 saturated heterocycles. The van der Waals surface area contributed by atoms with E-state index in [-0.39, 0.29) is 11.5 Å². The summed E-state index contributed by atoms with van der Waals surface area (Å²) < 4.78 is 0. The Kier molecular flexibility index (Phi) is 4.84. The van der Waals surface area contributed by atoms with E-state index in [1.165, 1.54) is 5.56 Å². The van der Waals surface area contributed by atoms with Crippen molar-refractivity contribution < 1.29 is 0 Å². The molecule has 0 amide bonds. The summed E-state index contributed by atoms with van der Waals surface area (Å²) in [5.41, 5.74) is 9.66. The second-order valence-corrected chi connectivity index (χ2v) is 4.03. The van der Waals surface area contributed by atoms with E-state index >= 15 is 0 Å². The molecular weight excluding hydrogens is 228 g/mol. The normalized spacial score (nSPS) is 11.1. The van der Waals surface area contributed by atoms with E-state index < -0.39 is 0 Å². The molecule has 0 radical (unpaired) electrons. The lowest BCUT2D eigenvalue weighted by atomic mass is 10.2. The first-order valence-corrected chi connectivity index (χ1v) is 5.35. The highest BCUT2D eigenvalue weighted by atomic mass is 15.3. The molecule has 0 spiro atoms. The van der Waals surface area contributed by atoms with E-state index in [0.717, 1.165) is 12.2 Å². The molecule has 0 fully saturated rings. The highest BCUT2D eigenvalue weighted by Gasteiger charge is 2.01. The summed E-state index contributed by atoms with van der Waals surface area (Å²) in [6.07, 6.45) is 0. The lowest BCUT2D eigenvalue weighted by molar-refractivity contribution is 0.402. The zero-order valence-electron chi connectivity index (χ0n) is 10.4. The van der Waals surface area contributed by atoms with Crippen LogP contribution >= 0.6 is 0 Å². The fourth-order valence-corrected chi connectivity index (χ4v) is 1.32. The van der Waals surface area contributed by atoms with Crippen molar-refractivity contribution in [1.29, 1.82) is 10.7 Å². The maximum Gasteiger partial charge on any atom is 0.201 e. The highest BCUT2D eigenvalue weighted by Crippen LogP contribution is 2.10. The first-order valence-electron chi connectivity index (χ1n) is 5.35. The minimum atomic E-state index is -0.353. The summed E-state index contributed by atoms with van der Waals surface area (Å²) in [7, 11) is 4.00. The predicted octanol–water partition coefficient (Wildman–Crippen LogP) is 0.976. The fourth-order valence-electron chi connectivity index (χ4n) is 1.32. The van der Waals surface area contributed by atoms with Gasteiger partial charge in [-0.1, -0.05) is 12.1 Å². The molecule has 0 unspecified atom stereocenters. The van der Waals surface area contributed by atoms with Crippen molar-refractivity contribution in [3.63, 3.8) is 0 Å². The molecule has 0 aromatic heterocycles. The third kappa shape index (κ3) is 4.23. The SMILES string of the molecule is CN(C)Cc1ccc(N/N=C(\C#N)C(=N)N)cc1. The van der Waals surface area contributed by atoms with E-state index in [1.54, 1.807) is 6.07 Å². The number of nitriles is 1. The number of anilines is 1. The quantitative estimate of drug-likeness (QED) is 0.408. The molecule has 1 aromatic rings. The fraction of sp³-hybridized carbons (Fsp3) is 0.250. The van der Waals surface area contributed by atoms with Crippen LogP contribution in [0.4, 0.5) is 5.69 Å². The lowest BCUT2D eigenvalue weighted by Gasteiger charge is -2.09. The number of amidine groups is 1. The molecule has 18 heavy (non-hydrogen) atoms. The number of hydrazone groups is 1. The van der Waals surface area contributed by atoms with Gasteiger partial charge in [-0.3, -0.25) is 10.8 Å². The average molecular weight is 244 g/mol. The second-order valence-electron chi connectivity index (χ2n) is 4.03. The van der Waals surface area contributed by atoms with Crippen LogP contribution in [0.1, 0.15) is 5.56 Å². The molecule has 4 N–H and O–H groups in total. The minimum absolute atomic E-state index is 0.132. The summed E-state index contributed by atoms with van der Waals surface area (Å²) in [6, 6.07) is 9.40. The van der Waals surface area contributed by atoms with Crippen LogP contribution in [0.25, 0.3) is 0 Å². The standard InChI is InChI=1S/C12H16N6/c1-18(2)8-9-3-5-10(6-4-9)16-17-11(7-13)12(14)15/h3-6,16H,8H2,1-2H3,(H3,14,15)/b17-11+. The Morgan fingerprint density at radius 1 is 1.44 bits per heavy atom. The van der Waals surface area contributed by atoms with Crippen molar-refractivity contribution in [2.75, 3.05) is 19.5 Å². The zero-order chi connectivity index (χ0) is 13.5. The molecule has 94 valence electrons. The molecular formula is C12H16N6. The molecule has 0 atom stereocenters. The van der Waals surface area contributed by atoms with Crippen molar-refractivity contribution in [3.05, 3.63) is 29.8 Å². The van der Waals surface area contributed by atoms with Crippen LogP contribution < -0.4 is 11.2 Å². The lowest BCUT2D eigenvalue weighted by Crippen LogP contribution is -2.21. The molecule has 0 aliphatic carbocycles. The number of rotatable bonds is 5. The van der Waals surface area contributed by atoms with Crippen molar-refractivity contribution in [1.82, 2.24) is 4.90 Å². The number of benzene rings is 1. The Morgan fingerprint density at radius 2 is 2.06 bits per heavy atom. The predicted molar refractivity (Wildman–Crippen MR) is 72.4 cm³/mol. The van der Waals surface area contributed by atoms with Gasteiger partial charge >= 0.3 is 0 Å². The summed E-state index contributed by atoms with van der Waals surface area (Å²) in [5, 5.41) is 19.5. The molecule has 1 aromatic carbocycles. The van der Waals surface area contributed by atoms with Gasteiger partial charge in [0.25, 0.3) is 0 Å². The monoisotopic (exact) mass is 244 g/mol. The van der Waals surface area contributed by atoms with Gasteiger partial charge in [0, 0.05) is 6.54 Å². The molecule has 1 rings (SSSR count). The van der Waals surface area contributed by atoms with Gasteiger partial charge in [0.05, 0.1) is 5.69 Å². The van der Waals surface area contributed by atoms with Crippen molar-refractivity contribution in [3.8, 4) is 6.07 Å². The van der Waals surface area contributed by atoms with Gasteiger partial charge in [0.15, 0.2) is 5.84 Å². The van der Waals surface area contributed by atoms with Crippen molar-refractivity contribution >= 4 is 17.2 Å². The smallest absolute Gasteiger partial charge is 0.201 e. The summed E-state index contributed by atoms with van der Waals surface area (Å²) >= 11 is 0. The minimum Gasteiger partial charge on any atom is -0.382 e. The molecule has 6 heteroatoms. The molecule has 0 bridgehead atoms. The van der Waals surface area contributed by atoms with Crippen molar-refractivity contribution in [2.45, 2.75) is 6.54 Å². The van der Waals surface area contributed by atoms with E-state index in [2.05, 4.69) is 15.4 Å². The van der Waals surface area contributed by atoms with E-state index in [1.807, 2.05) is 38.4 Å². The third-order valence-electron chi connectivity index (χ3n) is 2.11. The number of nitrogens with zero attached hydrogens (tertiary/aromatic N) is 3. The van der Waals surface area contributed by atoms with E-state index in [9.17, 15) is 0 Å². The number of hydrogen-bond acceptors (Lipinski definition) is 5. The summed E-state index contributed by atoms with van der Waals surface area (Å²) in [4.78, 5) is 2.07. The van der Waals surface area contributed by atoms with E-state index in [4.69, 9.17) is 16.4 Å². The Morgan fingerprint density at radius 3 is 2.50 bits per heavy atom. The van der Waals surface area contributed by atoms with Gasteiger partial charge < -0.3 is 10.6 Å². The first kappa shape index (κ1) is 13.7. The second kappa shape index (κ2) is 6.37. The van der Waals surface area contributed by atoms with Crippen molar-refractivity contribution in [2.24, 2.45) is 10.8 Å². The molecule has 0 aliphatic rings. The third-order valence-corrected chi connectivity index (χ3v) is 2.11. The highest BCUT2D eigenvalue weighted by molar-refractivity contribution is 6.45. The van der Waals surface area contributed by atoms with Gasteiger partial charge in [-0.15, -0.1) is 0 Å². The van der Waals surface area contributed by atoms with Crippen LogP contribution in [0.5, 0.6) is 0 Å². The first-order chi connectivity index (χ1) is 8.52. The van der Waals surface area contributed by atoms with Gasteiger partial charge in [0.1, 0.15) is 6.07 Å².